The van der Waals surface area contributed by atoms with Gasteiger partial charge in [0.25, 0.3) is 0 Å². The smallest absolute Gasteiger partial charge is 0.111 e. The van der Waals surface area contributed by atoms with E-state index in [9.17, 15) is 0 Å². The number of nitrogens with one attached hydrogen (secondary N) is 1. The van der Waals surface area contributed by atoms with Crippen molar-refractivity contribution in [1.29, 1.82) is 0 Å². The number of hydrogen-bond acceptors (Lipinski definition) is 3. The highest BCUT2D eigenvalue weighted by atomic mass is 15.1. The van der Waals surface area contributed by atoms with Gasteiger partial charge in [0.15, 0.2) is 0 Å². The molecule has 0 bridgehead atoms. The summed E-state index contributed by atoms with van der Waals surface area (Å²) in [5, 5.41) is 7.63. The van der Waals surface area contributed by atoms with Crippen molar-refractivity contribution in [3.8, 4) is 11.4 Å². The van der Waals surface area contributed by atoms with E-state index in [1.54, 1.807) is 0 Å². The minimum Gasteiger partial charge on any atom is -0.328 e. The van der Waals surface area contributed by atoms with Gasteiger partial charge in [0.2, 0.25) is 0 Å². The lowest BCUT2D eigenvalue weighted by atomic mass is 9.84. The standard InChI is InChI=1S/C16H22N4/c1-2-13-4-3-5-14(18-13)16-10-15(19-20-16)11-6-8-12(17)9-7-11/h3-5,10-12H,2,6-9,17H2,1H3,(H,19,20). The predicted octanol–water partition coefficient (Wildman–Crippen LogP) is 3.02. The number of aromatic nitrogens is 3. The summed E-state index contributed by atoms with van der Waals surface area (Å²) in [6.07, 6.45) is 5.49. The van der Waals surface area contributed by atoms with Gasteiger partial charge in [0, 0.05) is 23.3 Å². The van der Waals surface area contributed by atoms with E-state index in [2.05, 4.69) is 40.3 Å². The van der Waals surface area contributed by atoms with E-state index in [0.29, 0.717) is 12.0 Å². The van der Waals surface area contributed by atoms with E-state index < -0.39 is 0 Å². The monoisotopic (exact) mass is 270 g/mol. The minimum absolute atomic E-state index is 0.386. The zero-order chi connectivity index (χ0) is 13.9. The van der Waals surface area contributed by atoms with E-state index in [1.165, 1.54) is 5.69 Å². The Morgan fingerprint density at radius 3 is 2.75 bits per heavy atom. The van der Waals surface area contributed by atoms with Crippen molar-refractivity contribution < 1.29 is 0 Å². The first-order valence-electron chi connectivity index (χ1n) is 7.53. The highest BCUT2D eigenvalue weighted by Gasteiger charge is 2.21. The first-order chi connectivity index (χ1) is 9.76. The predicted molar refractivity (Wildman–Crippen MR) is 80.4 cm³/mol. The molecular formula is C16H22N4. The van der Waals surface area contributed by atoms with Crippen molar-refractivity contribution in [3.05, 3.63) is 35.7 Å². The molecule has 1 fully saturated rings. The average Bonchev–Trinajstić information content (AvgIpc) is 2.98. The van der Waals surface area contributed by atoms with Crippen molar-refractivity contribution >= 4 is 0 Å². The Bertz CT molecular complexity index is 567. The van der Waals surface area contributed by atoms with Crippen LogP contribution in [0.4, 0.5) is 0 Å². The third-order valence-corrected chi connectivity index (χ3v) is 4.24. The maximum Gasteiger partial charge on any atom is 0.111 e. The van der Waals surface area contributed by atoms with Gasteiger partial charge in [-0.1, -0.05) is 13.0 Å². The molecule has 20 heavy (non-hydrogen) atoms. The largest absolute Gasteiger partial charge is 0.328 e. The summed E-state index contributed by atoms with van der Waals surface area (Å²) < 4.78 is 0. The number of nitrogens with two attached hydrogens (primary N) is 1. The quantitative estimate of drug-likeness (QED) is 0.900. The normalized spacial score (nSPS) is 22.9. The zero-order valence-corrected chi connectivity index (χ0v) is 12.0. The Kier molecular flexibility index (Phi) is 3.83. The summed E-state index contributed by atoms with van der Waals surface area (Å²) in [6, 6.07) is 8.67. The highest BCUT2D eigenvalue weighted by molar-refractivity contribution is 5.54. The Labute approximate surface area is 119 Å². The number of pyridine rings is 1. The Morgan fingerprint density at radius 1 is 1.20 bits per heavy atom. The van der Waals surface area contributed by atoms with Crippen LogP contribution in [0.5, 0.6) is 0 Å². The van der Waals surface area contributed by atoms with Crippen LogP contribution in [0, 0.1) is 0 Å². The van der Waals surface area contributed by atoms with Crippen molar-refractivity contribution in [2.75, 3.05) is 0 Å². The van der Waals surface area contributed by atoms with E-state index in [0.717, 1.165) is 49.2 Å². The Balaban J connectivity index is 1.79. The summed E-state index contributed by atoms with van der Waals surface area (Å²) in [4.78, 5) is 4.63. The second-order valence-corrected chi connectivity index (χ2v) is 5.69. The van der Waals surface area contributed by atoms with Gasteiger partial charge < -0.3 is 5.73 Å². The topological polar surface area (TPSA) is 67.6 Å². The minimum atomic E-state index is 0.386. The summed E-state index contributed by atoms with van der Waals surface area (Å²) in [5.74, 6) is 0.574. The van der Waals surface area contributed by atoms with Crippen LogP contribution >= 0.6 is 0 Å². The van der Waals surface area contributed by atoms with Gasteiger partial charge in [-0.05, 0) is 50.3 Å². The van der Waals surface area contributed by atoms with Gasteiger partial charge in [-0.15, -0.1) is 0 Å². The van der Waals surface area contributed by atoms with Crippen molar-refractivity contribution in [1.82, 2.24) is 15.2 Å². The second-order valence-electron chi connectivity index (χ2n) is 5.69. The summed E-state index contributed by atoms with van der Waals surface area (Å²) in [5.41, 5.74) is 10.2. The maximum absolute atomic E-state index is 5.97. The van der Waals surface area contributed by atoms with Crippen LogP contribution in [0.15, 0.2) is 24.3 Å². The fraction of sp³-hybridized carbons (Fsp3) is 0.500. The molecule has 0 radical (unpaired) electrons. The van der Waals surface area contributed by atoms with Crippen molar-refractivity contribution in [2.45, 2.75) is 51.0 Å². The molecule has 0 spiro atoms. The first-order valence-corrected chi connectivity index (χ1v) is 7.53. The van der Waals surface area contributed by atoms with Gasteiger partial charge >= 0.3 is 0 Å². The van der Waals surface area contributed by atoms with Crippen LogP contribution in [0.3, 0.4) is 0 Å². The molecule has 1 aliphatic carbocycles. The van der Waals surface area contributed by atoms with E-state index >= 15 is 0 Å². The molecule has 4 heteroatoms. The van der Waals surface area contributed by atoms with Crippen LogP contribution < -0.4 is 5.73 Å². The Hall–Kier alpha value is -1.68. The number of rotatable bonds is 3. The van der Waals surface area contributed by atoms with Crippen molar-refractivity contribution in [3.63, 3.8) is 0 Å². The van der Waals surface area contributed by atoms with E-state index in [-0.39, 0.29) is 0 Å². The van der Waals surface area contributed by atoms with Gasteiger partial charge in [-0.2, -0.15) is 5.10 Å². The summed E-state index contributed by atoms with van der Waals surface area (Å²) in [7, 11) is 0. The molecule has 0 atom stereocenters. The number of nitrogens with zero attached hydrogens (tertiary/aromatic N) is 2. The number of hydrogen-bond donors (Lipinski definition) is 2. The summed E-state index contributed by atoms with van der Waals surface area (Å²) >= 11 is 0. The SMILES string of the molecule is CCc1cccc(-c2cc(C3CCC(N)CC3)[nH]n2)n1. The molecule has 0 amide bonds. The molecular weight excluding hydrogens is 248 g/mol. The van der Waals surface area contributed by atoms with E-state index in [1.807, 2.05) is 6.07 Å². The molecule has 106 valence electrons. The van der Waals surface area contributed by atoms with Crippen LogP contribution in [-0.4, -0.2) is 21.2 Å². The van der Waals surface area contributed by atoms with Crippen LogP contribution in [-0.2, 0) is 6.42 Å². The number of aryl methyl sites for hydroxylation is 1. The molecule has 3 rings (SSSR count). The number of aromatic amines is 1. The third kappa shape index (κ3) is 2.75. The zero-order valence-electron chi connectivity index (χ0n) is 12.0. The molecule has 0 aliphatic heterocycles. The summed E-state index contributed by atoms with van der Waals surface area (Å²) in [6.45, 7) is 2.12. The Morgan fingerprint density at radius 2 is 2.00 bits per heavy atom. The molecule has 2 aromatic rings. The van der Waals surface area contributed by atoms with Gasteiger partial charge in [0.05, 0.1) is 5.69 Å². The molecule has 0 unspecified atom stereocenters. The lowest BCUT2D eigenvalue weighted by molar-refractivity contribution is 0.390. The lowest BCUT2D eigenvalue weighted by Gasteiger charge is -2.24. The molecule has 1 aliphatic rings. The van der Waals surface area contributed by atoms with Gasteiger partial charge in [0.1, 0.15) is 5.69 Å². The van der Waals surface area contributed by atoms with Crippen molar-refractivity contribution in [2.24, 2.45) is 5.73 Å². The fourth-order valence-corrected chi connectivity index (χ4v) is 2.93. The molecule has 1 saturated carbocycles. The van der Waals surface area contributed by atoms with Gasteiger partial charge in [-0.3, -0.25) is 10.1 Å². The first kappa shape index (κ1) is 13.3. The molecule has 3 N–H and O–H groups in total. The molecule has 0 saturated heterocycles. The average molecular weight is 270 g/mol. The van der Waals surface area contributed by atoms with Crippen LogP contribution in [0.25, 0.3) is 11.4 Å². The van der Waals surface area contributed by atoms with Crippen LogP contribution in [0.2, 0.25) is 0 Å². The fourth-order valence-electron chi connectivity index (χ4n) is 2.93. The molecule has 0 aromatic carbocycles. The molecule has 4 nitrogen and oxygen atoms in total. The number of H-pyrrole nitrogens is 1. The molecule has 2 heterocycles. The van der Waals surface area contributed by atoms with E-state index in [4.69, 9.17) is 5.73 Å². The second kappa shape index (κ2) is 5.75. The van der Waals surface area contributed by atoms with Crippen LogP contribution in [0.1, 0.15) is 49.9 Å². The lowest BCUT2D eigenvalue weighted by Crippen LogP contribution is -2.25. The molecule has 2 aromatic heterocycles. The van der Waals surface area contributed by atoms with Gasteiger partial charge in [-0.25, -0.2) is 0 Å². The maximum atomic E-state index is 5.97. The third-order valence-electron chi connectivity index (χ3n) is 4.24. The highest BCUT2D eigenvalue weighted by Crippen LogP contribution is 2.32.